The van der Waals surface area contributed by atoms with E-state index >= 15 is 0 Å². The summed E-state index contributed by atoms with van der Waals surface area (Å²) in [4.78, 5) is 20.9. The Morgan fingerprint density at radius 2 is 1.86 bits per heavy atom. The van der Waals surface area contributed by atoms with Crippen LogP contribution in [0, 0.1) is 13.8 Å². The second-order valence-electron chi connectivity index (χ2n) is 5.59. The molecule has 1 aromatic heterocycles. The molecule has 1 aliphatic rings. The second kappa shape index (κ2) is 7.92. The summed E-state index contributed by atoms with van der Waals surface area (Å²) >= 11 is 1.53. The highest BCUT2D eigenvalue weighted by Crippen LogP contribution is 2.25. The maximum Gasteiger partial charge on any atom is 0.306 e. The first-order chi connectivity index (χ1) is 10.5. The van der Waals surface area contributed by atoms with Gasteiger partial charge in [0.05, 0.1) is 6.10 Å². The Morgan fingerprint density at radius 3 is 2.45 bits per heavy atom. The first kappa shape index (κ1) is 17.2. The molecule has 0 saturated heterocycles. The van der Waals surface area contributed by atoms with E-state index in [-0.39, 0.29) is 18.2 Å². The lowest BCUT2D eigenvalue weighted by Crippen LogP contribution is -2.27. The summed E-state index contributed by atoms with van der Waals surface area (Å²) in [6.45, 7) is 3.93. The molecular weight excluding hydrogens is 300 g/mol. The molecule has 0 aromatic carbocycles. The van der Waals surface area contributed by atoms with Crippen LogP contribution in [0.4, 0.5) is 0 Å². The first-order valence-corrected chi connectivity index (χ1v) is 8.88. The maximum absolute atomic E-state index is 12.1. The fraction of sp³-hybridized carbons (Fsp3) is 0.688. The monoisotopic (exact) mass is 324 g/mol. The molecule has 2 rings (SSSR count). The van der Waals surface area contributed by atoms with E-state index in [1.54, 1.807) is 7.11 Å². The number of ether oxygens (including phenoxy) is 2. The third kappa shape index (κ3) is 4.20. The Hall–Kier alpha value is -1.14. The number of aryl methyl sites for hydroxylation is 2. The van der Waals surface area contributed by atoms with Gasteiger partial charge in [-0.15, -0.1) is 0 Å². The molecule has 122 valence electrons. The zero-order chi connectivity index (χ0) is 16.1. The average molecular weight is 324 g/mol. The molecule has 0 amide bonds. The summed E-state index contributed by atoms with van der Waals surface area (Å²) in [5.41, 5.74) is 2.94. The third-order valence-electron chi connectivity index (χ3n) is 4.14. The Kier molecular flexibility index (Phi) is 6.20. The molecule has 0 N–H and O–H groups in total. The van der Waals surface area contributed by atoms with Gasteiger partial charge < -0.3 is 9.47 Å². The number of hydrogen-bond donors (Lipinski definition) is 0. The molecule has 0 radical (unpaired) electrons. The number of nitrogens with zero attached hydrogens (tertiary/aromatic N) is 2. The van der Waals surface area contributed by atoms with Gasteiger partial charge in [0.1, 0.15) is 6.10 Å². The zero-order valence-electron chi connectivity index (χ0n) is 13.7. The van der Waals surface area contributed by atoms with Crippen molar-refractivity contribution in [2.24, 2.45) is 0 Å². The van der Waals surface area contributed by atoms with Gasteiger partial charge in [0.25, 0.3) is 0 Å². The normalized spacial score (nSPS) is 21.1. The average Bonchev–Trinajstić information content (AvgIpc) is 2.93. The molecule has 22 heavy (non-hydrogen) atoms. The van der Waals surface area contributed by atoms with Gasteiger partial charge in [-0.1, -0.05) is 11.8 Å². The fourth-order valence-electron chi connectivity index (χ4n) is 2.91. The van der Waals surface area contributed by atoms with Crippen LogP contribution >= 0.6 is 11.8 Å². The summed E-state index contributed by atoms with van der Waals surface area (Å²) in [5.74, 6) is -0.165. The lowest BCUT2D eigenvalue weighted by atomic mass is 10.1. The molecular formula is C16H24N2O3S. The number of carbonyl (C=O) groups is 1. The van der Waals surface area contributed by atoms with E-state index in [4.69, 9.17) is 9.47 Å². The van der Waals surface area contributed by atoms with Gasteiger partial charge in [0.2, 0.25) is 0 Å². The minimum atomic E-state index is -0.165. The van der Waals surface area contributed by atoms with E-state index in [0.717, 1.165) is 41.4 Å². The standard InChI is InChI=1S/C16H24N2O3S/c1-10-12(11(2)18-16(17-10)22-4)8-9-15(19)21-14-7-5-6-13(14)20-3/h13-14H,5-9H2,1-4H3. The molecule has 1 fully saturated rings. The summed E-state index contributed by atoms with van der Waals surface area (Å²) in [7, 11) is 1.67. The summed E-state index contributed by atoms with van der Waals surface area (Å²) in [6, 6.07) is 0. The zero-order valence-corrected chi connectivity index (χ0v) is 14.5. The van der Waals surface area contributed by atoms with Gasteiger partial charge in [-0.2, -0.15) is 0 Å². The van der Waals surface area contributed by atoms with E-state index in [1.807, 2.05) is 20.1 Å². The van der Waals surface area contributed by atoms with Crippen LogP contribution in [0.2, 0.25) is 0 Å². The van der Waals surface area contributed by atoms with Crippen LogP contribution in [0.15, 0.2) is 5.16 Å². The van der Waals surface area contributed by atoms with Crippen molar-refractivity contribution in [1.82, 2.24) is 9.97 Å². The van der Waals surface area contributed by atoms with Gasteiger partial charge in [0.15, 0.2) is 5.16 Å². The number of esters is 1. The van der Waals surface area contributed by atoms with Crippen LogP contribution in [-0.2, 0) is 20.7 Å². The van der Waals surface area contributed by atoms with Crippen molar-refractivity contribution < 1.29 is 14.3 Å². The quantitative estimate of drug-likeness (QED) is 0.455. The van der Waals surface area contributed by atoms with E-state index in [0.29, 0.717) is 12.8 Å². The van der Waals surface area contributed by atoms with Crippen LogP contribution in [0.1, 0.15) is 42.6 Å². The molecule has 1 aliphatic carbocycles. The molecule has 5 nitrogen and oxygen atoms in total. The number of hydrogen-bond acceptors (Lipinski definition) is 6. The Morgan fingerprint density at radius 1 is 1.23 bits per heavy atom. The van der Waals surface area contributed by atoms with Gasteiger partial charge in [-0.3, -0.25) is 4.79 Å². The van der Waals surface area contributed by atoms with Gasteiger partial charge >= 0.3 is 5.97 Å². The minimum Gasteiger partial charge on any atom is -0.460 e. The number of carbonyl (C=O) groups excluding carboxylic acids is 1. The van der Waals surface area contributed by atoms with Crippen LogP contribution in [0.5, 0.6) is 0 Å². The van der Waals surface area contributed by atoms with Gasteiger partial charge in [0, 0.05) is 24.9 Å². The van der Waals surface area contributed by atoms with E-state index in [9.17, 15) is 4.79 Å². The highest BCUT2D eigenvalue weighted by Gasteiger charge is 2.30. The van der Waals surface area contributed by atoms with Gasteiger partial charge in [-0.25, -0.2) is 9.97 Å². The van der Waals surface area contributed by atoms with Crippen LogP contribution < -0.4 is 0 Å². The first-order valence-electron chi connectivity index (χ1n) is 7.65. The lowest BCUT2D eigenvalue weighted by molar-refractivity contribution is -0.154. The SMILES string of the molecule is COC1CCCC1OC(=O)CCc1c(C)nc(SC)nc1C. The van der Waals surface area contributed by atoms with Crippen LogP contribution in [0.25, 0.3) is 0 Å². The number of thioether (sulfide) groups is 1. The van der Waals surface area contributed by atoms with Crippen molar-refractivity contribution in [3.8, 4) is 0 Å². The minimum absolute atomic E-state index is 0.0524. The van der Waals surface area contributed by atoms with E-state index in [1.165, 1.54) is 11.8 Å². The molecule has 6 heteroatoms. The van der Waals surface area contributed by atoms with Crippen molar-refractivity contribution in [2.45, 2.75) is 63.3 Å². The number of methoxy groups -OCH3 is 1. The predicted molar refractivity (Wildman–Crippen MR) is 86.1 cm³/mol. The molecule has 0 bridgehead atoms. The van der Waals surface area contributed by atoms with E-state index < -0.39 is 0 Å². The van der Waals surface area contributed by atoms with Crippen molar-refractivity contribution >= 4 is 17.7 Å². The van der Waals surface area contributed by atoms with Crippen molar-refractivity contribution in [1.29, 1.82) is 0 Å². The molecule has 2 unspecified atom stereocenters. The van der Waals surface area contributed by atoms with Crippen LogP contribution in [0.3, 0.4) is 0 Å². The van der Waals surface area contributed by atoms with Crippen LogP contribution in [-0.4, -0.2) is 41.5 Å². The van der Waals surface area contributed by atoms with Crippen molar-refractivity contribution in [2.75, 3.05) is 13.4 Å². The molecule has 0 aliphatic heterocycles. The smallest absolute Gasteiger partial charge is 0.306 e. The summed E-state index contributed by atoms with van der Waals surface area (Å²) in [5, 5.41) is 0.773. The summed E-state index contributed by atoms with van der Waals surface area (Å²) < 4.78 is 10.9. The fourth-order valence-corrected chi connectivity index (χ4v) is 3.37. The molecule has 2 atom stereocenters. The highest BCUT2D eigenvalue weighted by atomic mass is 32.2. The largest absolute Gasteiger partial charge is 0.460 e. The summed E-state index contributed by atoms with van der Waals surface area (Å²) in [6.07, 6.45) is 5.82. The topological polar surface area (TPSA) is 61.3 Å². The van der Waals surface area contributed by atoms with Crippen molar-refractivity contribution in [3.63, 3.8) is 0 Å². The molecule has 1 aromatic rings. The molecule has 0 spiro atoms. The van der Waals surface area contributed by atoms with E-state index in [2.05, 4.69) is 9.97 Å². The highest BCUT2D eigenvalue weighted by molar-refractivity contribution is 7.98. The molecule has 1 heterocycles. The third-order valence-corrected chi connectivity index (χ3v) is 4.69. The molecule has 1 saturated carbocycles. The Balaban J connectivity index is 1.91. The second-order valence-corrected chi connectivity index (χ2v) is 6.37. The predicted octanol–water partition coefficient (Wildman–Crippen LogP) is 2.86. The lowest BCUT2D eigenvalue weighted by Gasteiger charge is -2.19. The Labute approximate surface area is 136 Å². The van der Waals surface area contributed by atoms with Crippen molar-refractivity contribution in [3.05, 3.63) is 17.0 Å². The van der Waals surface area contributed by atoms with Gasteiger partial charge in [-0.05, 0) is 51.3 Å². The number of rotatable bonds is 6. The Bertz CT molecular complexity index is 513. The maximum atomic E-state index is 12.1. The number of aromatic nitrogens is 2.